The molecule has 0 saturated carbocycles. The number of esters is 1. The van der Waals surface area contributed by atoms with E-state index in [2.05, 4.69) is 12.1 Å². The number of fused-ring (bicyclic) bond motifs is 3. The van der Waals surface area contributed by atoms with Gasteiger partial charge in [0.25, 0.3) is 5.91 Å². The summed E-state index contributed by atoms with van der Waals surface area (Å²) in [6.07, 6.45) is 0.439. The van der Waals surface area contributed by atoms with E-state index in [1.165, 1.54) is 21.3 Å². The molecule has 0 bridgehead atoms. The zero-order chi connectivity index (χ0) is 24.7. The molecule has 10 heteroatoms. The molecule has 3 aliphatic rings. The molecule has 0 radical (unpaired) electrons. The number of ether oxygens (including phenoxy) is 6. The molecule has 0 aromatic heterocycles. The summed E-state index contributed by atoms with van der Waals surface area (Å²) in [5.41, 5.74) is 4.68. The normalized spacial score (nSPS) is 23.6. The molecule has 1 fully saturated rings. The molecule has 2 aliphatic heterocycles. The standard InChI is InChI=1S/C25H25NO9/c1-5-20(27)26-35-23-14-9-17-16(33-11-34-17)8-13(14)21(22-15(23)10-32-25(22)28)12-6-18(29-2)24(31-4)19(7-12)30-3/h5-9,15,21-23H,1,10-11H2,2-4H3,(H,26,27)/t15-,21+,22-,23-/m0/s1. The molecule has 1 aliphatic carbocycles. The van der Waals surface area contributed by atoms with Crippen molar-refractivity contribution in [2.45, 2.75) is 12.0 Å². The van der Waals surface area contributed by atoms with Crippen molar-refractivity contribution in [3.05, 3.63) is 53.6 Å². The van der Waals surface area contributed by atoms with Gasteiger partial charge in [-0.1, -0.05) is 6.58 Å². The summed E-state index contributed by atoms with van der Waals surface area (Å²) < 4.78 is 33.3. The van der Waals surface area contributed by atoms with E-state index in [0.29, 0.717) is 28.7 Å². The second-order valence-electron chi connectivity index (χ2n) is 8.30. The van der Waals surface area contributed by atoms with Gasteiger partial charge < -0.3 is 28.4 Å². The van der Waals surface area contributed by atoms with Crippen LogP contribution < -0.4 is 29.2 Å². The van der Waals surface area contributed by atoms with Crippen LogP contribution >= 0.6 is 0 Å². The SMILES string of the molecule is C=CC(=O)NO[C@H]1c2cc3c(cc2[C@@H](c2cc(OC)c(OC)c(OC)c2)[C@H]2C(=O)OC[C@@H]21)OCO3. The van der Waals surface area contributed by atoms with Crippen LogP contribution in [0.25, 0.3) is 0 Å². The van der Waals surface area contributed by atoms with Crippen LogP contribution in [0.2, 0.25) is 0 Å². The van der Waals surface area contributed by atoms with Gasteiger partial charge in [0.1, 0.15) is 6.10 Å². The Kier molecular flexibility index (Phi) is 5.89. The summed E-state index contributed by atoms with van der Waals surface area (Å²) in [5.74, 6) is 0.192. The van der Waals surface area contributed by atoms with E-state index in [1.807, 2.05) is 24.3 Å². The van der Waals surface area contributed by atoms with Crippen molar-refractivity contribution in [2.24, 2.45) is 11.8 Å². The molecule has 1 amide bonds. The summed E-state index contributed by atoms with van der Waals surface area (Å²) in [6.45, 7) is 3.67. The Balaban J connectivity index is 1.70. The predicted molar refractivity (Wildman–Crippen MR) is 121 cm³/mol. The van der Waals surface area contributed by atoms with Gasteiger partial charge in [0.05, 0.1) is 33.9 Å². The smallest absolute Gasteiger partial charge is 0.310 e. The van der Waals surface area contributed by atoms with Gasteiger partial charge in [0.15, 0.2) is 23.0 Å². The highest BCUT2D eigenvalue weighted by Gasteiger charge is 2.53. The van der Waals surface area contributed by atoms with E-state index in [0.717, 1.165) is 22.8 Å². The van der Waals surface area contributed by atoms with Crippen LogP contribution in [0.5, 0.6) is 28.7 Å². The van der Waals surface area contributed by atoms with Gasteiger partial charge in [-0.3, -0.25) is 14.4 Å². The van der Waals surface area contributed by atoms with Crippen LogP contribution in [0.3, 0.4) is 0 Å². The number of carbonyl (C=O) groups is 2. The maximum absolute atomic E-state index is 13.1. The zero-order valence-corrected chi connectivity index (χ0v) is 19.5. The summed E-state index contributed by atoms with van der Waals surface area (Å²) >= 11 is 0. The molecule has 1 saturated heterocycles. The van der Waals surface area contributed by atoms with E-state index >= 15 is 0 Å². The highest BCUT2D eigenvalue weighted by molar-refractivity contribution is 5.86. The molecule has 5 rings (SSSR count). The van der Waals surface area contributed by atoms with Crippen LogP contribution in [0.4, 0.5) is 0 Å². The van der Waals surface area contributed by atoms with Crippen molar-refractivity contribution >= 4 is 11.9 Å². The van der Waals surface area contributed by atoms with Gasteiger partial charge in [0, 0.05) is 11.8 Å². The Morgan fingerprint density at radius 2 is 1.66 bits per heavy atom. The molecule has 2 aromatic carbocycles. The van der Waals surface area contributed by atoms with E-state index < -0.39 is 23.8 Å². The predicted octanol–water partition coefficient (Wildman–Crippen LogP) is 2.65. The first-order valence-corrected chi connectivity index (χ1v) is 11.0. The van der Waals surface area contributed by atoms with Crippen molar-refractivity contribution in [1.82, 2.24) is 5.48 Å². The third-order valence-electron chi connectivity index (χ3n) is 6.64. The fourth-order valence-corrected chi connectivity index (χ4v) is 5.11. The number of hydrogen-bond acceptors (Lipinski definition) is 9. The van der Waals surface area contributed by atoms with Crippen molar-refractivity contribution in [3.8, 4) is 28.7 Å². The maximum Gasteiger partial charge on any atom is 0.310 e. The lowest BCUT2D eigenvalue weighted by Crippen LogP contribution is -2.38. The largest absolute Gasteiger partial charge is 0.493 e. The lowest BCUT2D eigenvalue weighted by Gasteiger charge is -2.38. The van der Waals surface area contributed by atoms with Crippen LogP contribution in [0.15, 0.2) is 36.9 Å². The van der Waals surface area contributed by atoms with E-state index in [-0.39, 0.29) is 25.3 Å². The summed E-state index contributed by atoms with van der Waals surface area (Å²) in [6, 6.07) is 7.32. The Morgan fingerprint density at radius 1 is 1.00 bits per heavy atom. The van der Waals surface area contributed by atoms with Gasteiger partial charge in [0.2, 0.25) is 12.5 Å². The fraction of sp³-hybridized carbons (Fsp3) is 0.360. The Morgan fingerprint density at radius 3 is 2.26 bits per heavy atom. The summed E-state index contributed by atoms with van der Waals surface area (Å²) in [7, 11) is 4.60. The molecule has 1 N–H and O–H groups in total. The number of amides is 1. The molecule has 2 heterocycles. The van der Waals surface area contributed by atoms with E-state index in [9.17, 15) is 9.59 Å². The lowest BCUT2D eigenvalue weighted by molar-refractivity contribution is -0.142. The van der Waals surface area contributed by atoms with Crippen LogP contribution in [-0.4, -0.2) is 46.6 Å². The summed E-state index contributed by atoms with van der Waals surface area (Å²) in [5, 5.41) is 0. The van der Waals surface area contributed by atoms with Gasteiger partial charge in [-0.2, -0.15) is 0 Å². The summed E-state index contributed by atoms with van der Waals surface area (Å²) in [4.78, 5) is 30.8. The Labute approximate surface area is 201 Å². The Hall–Kier alpha value is -3.92. The molecular formula is C25H25NO9. The molecule has 2 aromatic rings. The van der Waals surface area contributed by atoms with E-state index in [1.54, 1.807) is 0 Å². The number of cyclic esters (lactones) is 1. The van der Waals surface area contributed by atoms with Crippen LogP contribution in [-0.2, 0) is 19.2 Å². The van der Waals surface area contributed by atoms with Crippen LogP contribution in [0, 0.1) is 11.8 Å². The average Bonchev–Trinajstić information content (AvgIpc) is 3.50. The second-order valence-corrected chi connectivity index (χ2v) is 8.30. The monoisotopic (exact) mass is 483 g/mol. The molecule has 4 atom stereocenters. The van der Waals surface area contributed by atoms with Crippen molar-refractivity contribution in [1.29, 1.82) is 0 Å². The van der Waals surface area contributed by atoms with Gasteiger partial charge >= 0.3 is 5.97 Å². The highest BCUT2D eigenvalue weighted by atomic mass is 16.7. The van der Waals surface area contributed by atoms with Crippen molar-refractivity contribution in [3.63, 3.8) is 0 Å². The van der Waals surface area contributed by atoms with Crippen LogP contribution in [0.1, 0.15) is 28.7 Å². The average molecular weight is 483 g/mol. The lowest BCUT2D eigenvalue weighted by atomic mass is 9.66. The molecule has 10 nitrogen and oxygen atoms in total. The molecule has 184 valence electrons. The molecule has 35 heavy (non-hydrogen) atoms. The molecule has 0 unspecified atom stereocenters. The molecule has 0 spiro atoms. The quantitative estimate of drug-likeness (QED) is 0.361. The topological polar surface area (TPSA) is 111 Å². The Bertz CT molecular complexity index is 1170. The minimum absolute atomic E-state index is 0.0840. The van der Waals surface area contributed by atoms with Gasteiger partial charge in [-0.05, 0) is 47.0 Å². The number of hydrogen-bond donors (Lipinski definition) is 1. The fourth-order valence-electron chi connectivity index (χ4n) is 5.11. The minimum atomic E-state index is -0.668. The number of carbonyl (C=O) groups excluding carboxylic acids is 2. The first-order valence-electron chi connectivity index (χ1n) is 11.0. The van der Waals surface area contributed by atoms with E-state index in [4.69, 9.17) is 33.3 Å². The highest BCUT2D eigenvalue weighted by Crippen LogP contribution is 2.56. The first kappa shape index (κ1) is 22.9. The number of benzene rings is 2. The third kappa shape index (κ3) is 3.70. The number of hydroxylamine groups is 1. The minimum Gasteiger partial charge on any atom is -0.493 e. The zero-order valence-electron chi connectivity index (χ0n) is 19.5. The van der Waals surface area contributed by atoms with Gasteiger partial charge in [-0.15, -0.1) is 0 Å². The second kappa shape index (κ2) is 9.03. The number of rotatable bonds is 7. The number of nitrogens with one attached hydrogen (secondary N) is 1. The van der Waals surface area contributed by atoms with Crippen molar-refractivity contribution in [2.75, 3.05) is 34.7 Å². The molecular weight excluding hydrogens is 458 g/mol. The van der Waals surface area contributed by atoms with Crippen molar-refractivity contribution < 1.29 is 42.8 Å². The maximum atomic E-state index is 13.1. The van der Waals surface area contributed by atoms with Gasteiger partial charge in [-0.25, -0.2) is 5.48 Å². The third-order valence-corrected chi connectivity index (χ3v) is 6.64. The first-order chi connectivity index (χ1) is 17.0. The number of methoxy groups -OCH3 is 3.